The monoisotopic (exact) mass is 614 g/mol. The van der Waals surface area contributed by atoms with E-state index in [4.69, 9.17) is 10.5 Å². The Labute approximate surface area is 273 Å². The number of allylic oxidation sites excluding steroid dienone is 4. The predicted octanol–water partition coefficient (Wildman–Crippen LogP) is 11.6. The number of nitrogen functional groups attached to an aromatic ring is 1. The van der Waals surface area contributed by atoms with E-state index in [0.717, 1.165) is 28.9 Å². The SMILES string of the molecule is C/C=C\C=C(/CC)P(=Nc1ccc(-c2ccc(-c3ccc(-c4cccc(N)c4)cc3)cc2)cc1)(c1ccccc1)c1ccccc1. The van der Waals surface area contributed by atoms with E-state index in [2.05, 4.69) is 172 Å². The summed E-state index contributed by atoms with van der Waals surface area (Å²) in [6.07, 6.45) is 7.43. The fraction of sp³-hybridized carbons (Fsp3) is 0.0698. The Kier molecular flexibility index (Phi) is 9.58. The molecule has 0 heterocycles. The van der Waals surface area contributed by atoms with Gasteiger partial charge in [0.2, 0.25) is 0 Å². The van der Waals surface area contributed by atoms with E-state index in [-0.39, 0.29) is 0 Å². The van der Waals surface area contributed by atoms with Crippen molar-refractivity contribution < 1.29 is 0 Å². The second kappa shape index (κ2) is 14.3. The zero-order valence-corrected chi connectivity index (χ0v) is 27.3. The van der Waals surface area contributed by atoms with Crippen molar-refractivity contribution in [3.8, 4) is 33.4 Å². The van der Waals surface area contributed by atoms with Crippen LogP contribution >= 0.6 is 7.05 Å². The van der Waals surface area contributed by atoms with Crippen LogP contribution in [-0.4, -0.2) is 0 Å². The van der Waals surface area contributed by atoms with E-state index < -0.39 is 7.05 Å². The molecule has 0 bridgehead atoms. The Balaban J connectivity index is 1.34. The third-order valence-corrected chi connectivity index (χ3v) is 12.2. The summed E-state index contributed by atoms with van der Waals surface area (Å²) in [5, 5.41) is 3.88. The molecule has 0 fully saturated rings. The van der Waals surface area contributed by atoms with E-state index in [1.165, 1.54) is 38.2 Å². The molecule has 0 spiro atoms. The number of rotatable bonds is 9. The summed E-state index contributed by atoms with van der Waals surface area (Å²) in [5.74, 6) is 0. The van der Waals surface area contributed by atoms with E-state index in [0.29, 0.717) is 0 Å². The van der Waals surface area contributed by atoms with E-state index in [1.807, 2.05) is 18.2 Å². The Morgan fingerprint density at radius 2 is 1.02 bits per heavy atom. The number of nitrogens with zero attached hydrogens (tertiary/aromatic N) is 1. The molecule has 2 N–H and O–H groups in total. The summed E-state index contributed by atoms with van der Waals surface area (Å²) in [4.78, 5) is 0. The van der Waals surface area contributed by atoms with Crippen LogP contribution in [0.25, 0.3) is 33.4 Å². The van der Waals surface area contributed by atoms with Gasteiger partial charge < -0.3 is 5.73 Å². The van der Waals surface area contributed by atoms with Crippen LogP contribution in [0.3, 0.4) is 0 Å². The Morgan fingerprint density at radius 1 is 0.565 bits per heavy atom. The summed E-state index contributed by atoms with van der Waals surface area (Å²) in [7, 11) is -2.29. The fourth-order valence-corrected chi connectivity index (χ4v) is 9.70. The van der Waals surface area contributed by atoms with Crippen LogP contribution in [0.15, 0.2) is 186 Å². The highest BCUT2D eigenvalue weighted by Crippen LogP contribution is 2.58. The summed E-state index contributed by atoms with van der Waals surface area (Å²) in [6, 6.07) is 55.9. The summed E-state index contributed by atoms with van der Waals surface area (Å²) in [5.41, 5.74) is 14.8. The van der Waals surface area contributed by atoms with Crippen molar-refractivity contribution >= 4 is 29.0 Å². The highest BCUT2D eigenvalue weighted by Gasteiger charge is 2.28. The minimum Gasteiger partial charge on any atom is -0.399 e. The van der Waals surface area contributed by atoms with Crippen molar-refractivity contribution in [2.24, 2.45) is 4.74 Å². The van der Waals surface area contributed by atoms with Gasteiger partial charge in [-0.2, -0.15) is 0 Å². The minimum atomic E-state index is -2.29. The largest absolute Gasteiger partial charge is 0.399 e. The molecule has 226 valence electrons. The molecular weight excluding hydrogens is 575 g/mol. The molecule has 6 rings (SSSR count). The van der Waals surface area contributed by atoms with E-state index in [1.54, 1.807) is 0 Å². The molecule has 6 aromatic carbocycles. The lowest BCUT2D eigenvalue weighted by atomic mass is 9.98. The van der Waals surface area contributed by atoms with Crippen LogP contribution in [0.1, 0.15) is 20.3 Å². The molecule has 0 atom stereocenters. The van der Waals surface area contributed by atoms with Gasteiger partial charge in [-0.3, -0.25) is 4.74 Å². The number of hydrogen-bond donors (Lipinski definition) is 1. The third kappa shape index (κ3) is 6.59. The number of hydrogen-bond acceptors (Lipinski definition) is 2. The van der Waals surface area contributed by atoms with Crippen LogP contribution in [-0.2, 0) is 0 Å². The zero-order valence-electron chi connectivity index (χ0n) is 26.4. The maximum absolute atomic E-state index is 5.99. The van der Waals surface area contributed by atoms with Gasteiger partial charge in [0.1, 0.15) is 0 Å². The number of benzene rings is 6. The molecule has 2 nitrogen and oxygen atoms in total. The Morgan fingerprint density at radius 3 is 1.46 bits per heavy atom. The van der Waals surface area contributed by atoms with Gasteiger partial charge in [-0.05, 0) is 76.3 Å². The van der Waals surface area contributed by atoms with Gasteiger partial charge in [0.15, 0.2) is 0 Å². The van der Waals surface area contributed by atoms with Crippen LogP contribution in [0.4, 0.5) is 11.4 Å². The molecule has 6 aromatic rings. The summed E-state index contributed by atoms with van der Waals surface area (Å²) >= 11 is 0. The van der Waals surface area contributed by atoms with Crippen molar-refractivity contribution in [2.45, 2.75) is 20.3 Å². The first-order chi connectivity index (χ1) is 22.6. The fourth-order valence-electron chi connectivity index (χ4n) is 5.93. The van der Waals surface area contributed by atoms with E-state index >= 15 is 0 Å². The second-order valence-corrected chi connectivity index (χ2v) is 14.3. The smallest absolute Gasteiger partial charge is 0.0625 e. The average molecular weight is 615 g/mol. The average Bonchev–Trinajstić information content (AvgIpc) is 3.12. The number of nitrogens with two attached hydrogens (primary N) is 1. The lowest BCUT2D eigenvalue weighted by molar-refractivity contribution is 1.19. The van der Waals surface area contributed by atoms with Crippen molar-refractivity contribution in [3.05, 3.63) is 181 Å². The summed E-state index contributed by atoms with van der Waals surface area (Å²) < 4.78 is 5.68. The first-order valence-electron chi connectivity index (χ1n) is 15.8. The Hall–Kier alpha value is -5.17. The van der Waals surface area contributed by atoms with Crippen LogP contribution in [0, 0.1) is 0 Å². The predicted molar refractivity (Wildman–Crippen MR) is 202 cm³/mol. The molecule has 0 unspecified atom stereocenters. The lowest BCUT2D eigenvalue weighted by Crippen LogP contribution is -2.17. The quantitative estimate of drug-likeness (QED) is 0.0982. The van der Waals surface area contributed by atoms with Crippen LogP contribution in [0.5, 0.6) is 0 Å². The number of anilines is 1. The highest BCUT2D eigenvalue weighted by atomic mass is 31.2. The molecule has 0 aromatic heterocycles. The van der Waals surface area contributed by atoms with E-state index in [9.17, 15) is 0 Å². The van der Waals surface area contributed by atoms with Crippen molar-refractivity contribution in [2.75, 3.05) is 5.73 Å². The first kappa shape index (κ1) is 30.8. The second-order valence-electron chi connectivity index (χ2n) is 11.3. The van der Waals surface area contributed by atoms with Gasteiger partial charge in [-0.15, -0.1) is 0 Å². The maximum Gasteiger partial charge on any atom is 0.0625 e. The minimum absolute atomic E-state index is 0.777. The molecule has 0 aliphatic carbocycles. The highest BCUT2D eigenvalue weighted by molar-refractivity contribution is 7.84. The van der Waals surface area contributed by atoms with Crippen LogP contribution in [0.2, 0.25) is 0 Å². The standard InChI is InChI=1S/C43H39N2P/c1-3-5-15-41(4-2)46(42-16-8-6-9-17-42,43-18-10-7-11-19-43)45-40-30-28-36(29-31-40)35-22-20-33(21-23-35)34-24-26-37(27-25-34)38-13-12-14-39(44)32-38/h3,5-32H,4,44H2,1-2H3/b5-3-,41-15+. The lowest BCUT2D eigenvalue weighted by Gasteiger charge is -2.29. The molecule has 3 heteroatoms. The van der Waals surface area contributed by atoms with Gasteiger partial charge in [0.25, 0.3) is 0 Å². The van der Waals surface area contributed by atoms with Gasteiger partial charge in [-0.25, -0.2) is 0 Å². The molecule has 0 aliphatic heterocycles. The molecule has 0 amide bonds. The molecule has 0 radical (unpaired) electrons. The topological polar surface area (TPSA) is 38.4 Å². The zero-order chi connectivity index (χ0) is 31.8. The van der Waals surface area contributed by atoms with Crippen molar-refractivity contribution in [1.82, 2.24) is 0 Å². The van der Waals surface area contributed by atoms with Gasteiger partial charge in [0, 0.05) is 16.3 Å². The van der Waals surface area contributed by atoms with Crippen LogP contribution < -0.4 is 16.3 Å². The molecule has 0 saturated carbocycles. The van der Waals surface area contributed by atoms with Gasteiger partial charge in [-0.1, -0.05) is 159 Å². The van der Waals surface area contributed by atoms with Gasteiger partial charge in [0.05, 0.1) is 12.7 Å². The molecular formula is C43H39N2P. The Bertz CT molecular complexity index is 1960. The van der Waals surface area contributed by atoms with Gasteiger partial charge >= 0.3 is 0 Å². The normalized spacial score (nSPS) is 11.9. The van der Waals surface area contributed by atoms with Crippen molar-refractivity contribution in [1.29, 1.82) is 0 Å². The van der Waals surface area contributed by atoms with Crippen molar-refractivity contribution in [3.63, 3.8) is 0 Å². The summed E-state index contributed by atoms with van der Waals surface area (Å²) in [6.45, 7) is 4.31. The first-order valence-corrected chi connectivity index (χ1v) is 17.6. The third-order valence-electron chi connectivity index (χ3n) is 8.31. The maximum atomic E-state index is 5.99. The molecule has 0 saturated heterocycles. The molecule has 46 heavy (non-hydrogen) atoms. The molecule has 0 aliphatic rings.